The van der Waals surface area contributed by atoms with Crippen LogP contribution in [0.4, 0.5) is 0 Å². The number of hydrogen-bond acceptors (Lipinski definition) is 4. The maximum Gasteiger partial charge on any atom is 0.253 e. The van der Waals surface area contributed by atoms with E-state index < -0.39 is 0 Å². The van der Waals surface area contributed by atoms with Gasteiger partial charge >= 0.3 is 0 Å². The minimum atomic E-state index is -0.257. The first-order chi connectivity index (χ1) is 10.1. The zero-order valence-electron chi connectivity index (χ0n) is 13.6. The molecule has 3 atom stereocenters. The number of ether oxygens (including phenoxy) is 1. The van der Waals surface area contributed by atoms with Crippen molar-refractivity contribution in [2.75, 3.05) is 39.8 Å². The second-order valence-electron chi connectivity index (χ2n) is 7.12. The molecule has 0 aromatic carbocycles. The number of carbonyl (C=O) groups excluding carboxylic acids is 1. The van der Waals surface area contributed by atoms with Crippen LogP contribution in [0.25, 0.3) is 0 Å². The number of fused-ring (bicyclic) bond motifs is 2. The van der Waals surface area contributed by atoms with E-state index in [9.17, 15) is 4.79 Å². The predicted molar refractivity (Wildman–Crippen MR) is 82.2 cm³/mol. The lowest BCUT2D eigenvalue weighted by Crippen LogP contribution is -2.52. The SMILES string of the molecule is CC(C)N1[C@H]2CC[C@H]1CN(C(=O)[C@@H]1CN(C)CCO1)CC2. The molecular formula is C16H29N3O2. The Bertz CT molecular complexity index is 388. The molecule has 3 aliphatic heterocycles. The summed E-state index contributed by atoms with van der Waals surface area (Å²) in [5.41, 5.74) is 0. The third-order valence-corrected chi connectivity index (χ3v) is 5.29. The summed E-state index contributed by atoms with van der Waals surface area (Å²) in [5, 5.41) is 0. The Balaban J connectivity index is 1.66. The van der Waals surface area contributed by atoms with Crippen LogP contribution in [0, 0.1) is 0 Å². The van der Waals surface area contributed by atoms with Crippen molar-refractivity contribution in [3.8, 4) is 0 Å². The van der Waals surface area contributed by atoms with Crippen LogP contribution in [0.5, 0.6) is 0 Å². The molecule has 3 heterocycles. The van der Waals surface area contributed by atoms with Gasteiger partial charge in [0.15, 0.2) is 0 Å². The first kappa shape index (κ1) is 15.3. The Kier molecular flexibility index (Phi) is 4.52. The summed E-state index contributed by atoms with van der Waals surface area (Å²) >= 11 is 0. The molecule has 2 bridgehead atoms. The van der Waals surface area contributed by atoms with Crippen LogP contribution < -0.4 is 0 Å². The van der Waals surface area contributed by atoms with Gasteiger partial charge in [0.25, 0.3) is 5.91 Å². The van der Waals surface area contributed by atoms with E-state index >= 15 is 0 Å². The fourth-order valence-corrected chi connectivity index (χ4v) is 4.28. The number of rotatable bonds is 2. The molecule has 0 N–H and O–H groups in total. The summed E-state index contributed by atoms with van der Waals surface area (Å²) in [6.45, 7) is 8.67. The van der Waals surface area contributed by atoms with Crippen LogP contribution >= 0.6 is 0 Å². The highest BCUT2D eigenvalue weighted by Gasteiger charge is 2.41. The molecule has 3 aliphatic rings. The molecule has 3 saturated heterocycles. The number of amides is 1. The minimum absolute atomic E-state index is 0.206. The van der Waals surface area contributed by atoms with Gasteiger partial charge in [0.1, 0.15) is 6.10 Å². The smallest absolute Gasteiger partial charge is 0.253 e. The van der Waals surface area contributed by atoms with Gasteiger partial charge in [-0.15, -0.1) is 0 Å². The Hall–Kier alpha value is -0.650. The van der Waals surface area contributed by atoms with Crippen LogP contribution in [-0.2, 0) is 9.53 Å². The molecule has 0 aromatic rings. The van der Waals surface area contributed by atoms with Gasteiger partial charge in [-0.3, -0.25) is 9.69 Å². The van der Waals surface area contributed by atoms with E-state index in [2.05, 4.69) is 35.6 Å². The third-order valence-electron chi connectivity index (χ3n) is 5.29. The standard InChI is InChI=1S/C16H29N3O2/c1-12(2)19-13-4-5-14(19)10-18(7-6-13)16(20)15-11-17(3)8-9-21-15/h12-15H,4-11H2,1-3H3/t13-,14-,15-/m0/s1. The fourth-order valence-electron chi connectivity index (χ4n) is 4.28. The summed E-state index contributed by atoms with van der Waals surface area (Å²) in [7, 11) is 2.06. The van der Waals surface area contributed by atoms with E-state index in [0.717, 1.165) is 32.6 Å². The van der Waals surface area contributed by atoms with Crippen molar-refractivity contribution in [2.45, 2.75) is 57.3 Å². The zero-order chi connectivity index (χ0) is 15.0. The molecule has 0 saturated carbocycles. The molecule has 0 spiro atoms. The third kappa shape index (κ3) is 3.10. The highest BCUT2D eigenvalue weighted by atomic mass is 16.5. The van der Waals surface area contributed by atoms with Crippen LogP contribution in [0.3, 0.4) is 0 Å². The van der Waals surface area contributed by atoms with E-state index in [0.29, 0.717) is 24.7 Å². The second kappa shape index (κ2) is 6.23. The van der Waals surface area contributed by atoms with Gasteiger partial charge in [-0.2, -0.15) is 0 Å². The Labute approximate surface area is 128 Å². The minimum Gasteiger partial charge on any atom is -0.366 e. The molecule has 0 aromatic heterocycles. The molecule has 5 nitrogen and oxygen atoms in total. The molecular weight excluding hydrogens is 266 g/mol. The molecule has 0 aliphatic carbocycles. The highest BCUT2D eigenvalue weighted by molar-refractivity contribution is 5.81. The molecule has 120 valence electrons. The molecule has 5 heteroatoms. The maximum atomic E-state index is 12.8. The first-order valence-electron chi connectivity index (χ1n) is 8.42. The summed E-state index contributed by atoms with van der Waals surface area (Å²) in [5.74, 6) is 0.206. The predicted octanol–water partition coefficient (Wildman–Crippen LogP) is 0.791. The number of likely N-dealkylation sites (tertiary alicyclic amines) is 1. The zero-order valence-corrected chi connectivity index (χ0v) is 13.6. The molecule has 0 radical (unpaired) electrons. The lowest BCUT2D eigenvalue weighted by molar-refractivity contribution is -0.149. The average Bonchev–Trinajstić information content (AvgIpc) is 2.73. The summed E-state index contributed by atoms with van der Waals surface area (Å²) < 4.78 is 5.71. The van der Waals surface area contributed by atoms with Crippen molar-refractivity contribution < 1.29 is 9.53 Å². The number of nitrogens with zero attached hydrogens (tertiary/aromatic N) is 3. The molecule has 21 heavy (non-hydrogen) atoms. The highest BCUT2D eigenvalue weighted by Crippen LogP contribution is 2.32. The quantitative estimate of drug-likeness (QED) is 0.755. The van der Waals surface area contributed by atoms with Gasteiger partial charge in [0.2, 0.25) is 0 Å². The summed E-state index contributed by atoms with van der Waals surface area (Å²) in [4.78, 5) is 19.7. The van der Waals surface area contributed by atoms with E-state index in [1.807, 2.05) is 0 Å². The molecule has 3 rings (SSSR count). The number of hydrogen-bond donors (Lipinski definition) is 0. The monoisotopic (exact) mass is 295 g/mol. The first-order valence-corrected chi connectivity index (χ1v) is 8.42. The van der Waals surface area contributed by atoms with Crippen molar-refractivity contribution in [1.82, 2.24) is 14.7 Å². The summed E-state index contributed by atoms with van der Waals surface area (Å²) in [6.07, 6.45) is 3.39. The van der Waals surface area contributed by atoms with Crippen molar-refractivity contribution >= 4 is 5.91 Å². The van der Waals surface area contributed by atoms with Crippen LogP contribution in [0.1, 0.15) is 33.1 Å². The van der Waals surface area contributed by atoms with Gasteiger partial charge in [0.05, 0.1) is 6.61 Å². The van der Waals surface area contributed by atoms with Gasteiger partial charge in [-0.1, -0.05) is 0 Å². The van der Waals surface area contributed by atoms with Gasteiger partial charge in [-0.05, 0) is 40.2 Å². The molecule has 3 fully saturated rings. The van der Waals surface area contributed by atoms with Gasteiger partial charge in [-0.25, -0.2) is 0 Å². The summed E-state index contributed by atoms with van der Waals surface area (Å²) in [6, 6.07) is 1.79. The van der Waals surface area contributed by atoms with Crippen LogP contribution in [0.2, 0.25) is 0 Å². The number of morpholine rings is 1. The van der Waals surface area contributed by atoms with E-state index in [1.165, 1.54) is 12.8 Å². The topological polar surface area (TPSA) is 36.0 Å². The molecule has 1 amide bonds. The largest absolute Gasteiger partial charge is 0.366 e. The fraction of sp³-hybridized carbons (Fsp3) is 0.938. The number of likely N-dealkylation sites (N-methyl/N-ethyl adjacent to an activating group) is 1. The van der Waals surface area contributed by atoms with Crippen molar-refractivity contribution in [3.05, 3.63) is 0 Å². The van der Waals surface area contributed by atoms with E-state index in [1.54, 1.807) is 0 Å². The molecule has 0 unspecified atom stereocenters. The normalized spacial score (nSPS) is 35.2. The lowest BCUT2D eigenvalue weighted by atomic mass is 10.1. The second-order valence-corrected chi connectivity index (χ2v) is 7.12. The van der Waals surface area contributed by atoms with Crippen molar-refractivity contribution in [2.24, 2.45) is 0 Å². The average molecular weight is 295 g/mol. The van der Waals surface area contributed by atoms with Crippen molar-refractivity contribution in [1.29, 1.82) is 0 Å². The number of carbonyl (C=O) groups is 1. The van der Waals surface area contributed by atoms with Gasteiger partial charge in [0, 0.05) is 44.3 Å². The maximum absolute atomic E-state index is 12.8. The Morgan fingerprint density at radius 3 is 2.57 bits per heavy atom. The van der Waals surface area contributed by atoms with E-state index in [-0.39, 0.29) is 12.0 Å². The van der Waals surface area contributed by atoms with Gasteiger partial charge < -0.3 is 14.5 Å². The van der Waals surface area contributed by atoms with E-state index in [4.69, 9.17) is 4.74 Å². The van der Waals surface area contributed by atoms with Crippen LogP contribution in [0.15, 0.2) is 0 Å². The lowest BCUT2D eigenvalue weighted by Gasteiger charge is -2.35. The Morgan fingerprint density at radius 2 is 1.86 bits per heavy atom. The Morgan fingerprint density at radius 1 is 1.10 bits per heavy atom. The van der Waals surface area contributed by atoms with Crippen molar-refractivity contribution in [3.63, 3.8) is 0 Å². The van der Waals surface area contributed by atoms with Crippen LogP contribution in [-0.4, -0.2) is 84.7 Å².